The third-order valence-corrected chi connectivity index (χ3v) is 3.22. The largest absolute Gasteiger partial charge is 0.340 e. The molecule has 1 unspecified atom stereocenters. The molecule has 0 bridgehead atoms. The second kappa shape index (κ2) is 4.81. The van der Waals surface area contributed by atoms with Crippen molar-refractivity contribution < 1.29 is 4.92 Å². The molecular weight excluding hydrogens is 244 g/mol. The molecule has 1 atom stereocenters. The topological polar surface area (TPSA) is 97.8 Å². The van der Waals surface area contributed by atoms with E-state index in [1.807, 2.05) is 13.8 Å². The van der Waals surface area contributed by atoms with Gasteiger partial charge in [0.15, 0.2) is 0 Å². The summed E-state index contributed by atoms with van der Waals surface area (Å²) >= 11 is 0. The van der Waals surface area contributed by atoms with Crippen LogP contribution in [-0.2, 0) is 5.54 Å². The van der Waals surface area contributed by atoms with Crippen LogP contribution in [0.1, 0.15) is 26.1 Å². The summed E-state index contributed by atoms with van der Waals surface area (Å²) in [5.41, 5.74) is 7.08. The zero-order valence-corrected chi connectivity index (χ0v) is 10.9. The van der Waals surface area contributed by atoms with Gasteiger partial charge in [0.25, 0.3) is 5.69 Å². The maximum Gasteiger partial charge on any atom is 0.270 e. The first-order chi connectivity index (χ1) is 8.94. The van der Waals surface area contributed by atoms with E-state index in [2.05, 4.69) is 9.97 Å². The van der Waals surface area contributed by atoms with E-state index in [1.165, 1.54) is 12.1 Å². The molecule has 0 saturated heterocycles. The van der Waals surface area contributed by atoms with Gasteiger partial charge in [-0.3, -0.25) is 10.1 Å². The van der Waals surface area contributed by atoms with E-state index in [0.717, 1.165) is 17.7 Å². The zero-order chi connectivity index (χ0) is 14.0. The monoisotopic (exact) mass is 260 g/mol. The Morgan fingerprint density at radius 1 is 1.53 bits per heavy atom. The van der Waals surface area contributed by atoms with Crippen LogP contribution in [0.3, 0.4) is 0 Å². The molecule has 0 saturated carbocycles. The lowest BCUT2D eigenvalue weighted by molar-refractivity contribution is -0.384. The minimum Gasteiger partial charge on any atom is -0.340 e. The number of nitrogens with one attached hydrogen (secondary N) is 1. The lowest BCUT2D eigenvalue weighted by Crippen LogP contribution is -2.33. The first kappa shape index (κ1) is 13.2. The molecule has 100 valence electrons. The van der Waals surface area contributed by atoms with Crippen LogP contribution in [0.4, 0.5) is 5.69 Å². The highest BCUT2D eigenvalue weighted by molar-refractivity contribution is 5.62. The van der Waals surface area contributed by atoms with E-state index in [-0.39, 0.29) is 5.69 Å². The maximum atomic E-state index is 10.8. The molecule has 0 radical (unpaired) electrons. The number of aromatic amines is 1. The molecule has 1 aromatic heterocycles. The van der Waals surface area contributed by atoms with Crippen LogP contribution in [0, 0.1) is 10.1 Å². The highest BCUT2D eigenvalue weighted by Gasteiger charge is 2.22. The third-order valence-electron chi connectivity index (χ3n) is 3.22. The summed E-state index contributed by atoms with van der Waals surface area (Å²) in [6.07, 6.45) is 2.39. The molecule has 0 aliphatic carbocycles. The van der Waals surface area contributed by atoms with Crippen LogP contribution >= 0.6 is 0 Å². The Labute approximate surface area is 110 Å². The minimum absolute atomic E-state index is 0.0552. The number of non-ortho nitro benzene ring substituents is 1. The Bertz CT molecular complexity index is 604. The predicted molar refractivity (Wildman–Crippen MR) is 72.5 cm³/mol. The van der Waals surface area contributed by atoms with Crippen molar-refractivity contribution in [1.82, 2.24) is 9.97 Å². The number of imidazole rings is 1. The van der Waals surface area contributed by atoms with Gasteiger partial charge in [0.05, 0.1) is 22.4 Å². The van der Waals surface area contributed by atoms with E-state index in [0.29, 0.717) is 5.82 Å². The second-order valence-electron chi connectivity index (χ2n) is 4.72. The summed E-state index contributed by atoms with van der Waals surface area (Å²) in [7, 11) is 0. The molecule has 0 aliphatic rings. The number of nitrogens with two attached hydrogens (primary N) is 1. The summed E-state index contributed by atoms with van der Waals surface area (Å²) < 4.78 is 0. The van der Waals surface area contributed by atoms with E-state index >= 15 is 0 Å². The molecule has 19 heavy (non-hydrogen) atoms. The van der Waals surface area contributed by atoms with E-state index in [4.69, 9.17) is 5.73 Å². The Hall–Kier alpha value is -2.21. The summed E-state index contributed by atoms with van der Waals surface area (Å²) in [5, 5.41) is 10.8. The van der Waals surface area contributed by atoms with Gasteiger partial charge in [0.1, 0.15) is 5.82 Å². The van der Waals surface area contributed by atoms with Crippen LogP contribution in [0.15, 0.2) is 30.5 Å². The first-order valence-electron chi connectivity index (χ1n) is 6.03. The first-order valence-corrected chi connectivity index (χ1v) is 6.03. The van der Waals surface area contributed by atoms with Gasteiger partial charge in [0, 0.05) is 17.7 Å². The number of nitrogens with zero attached hydrogens (tertiary/aromatic N) is 2. The number of rotatable bonds is 4. The van der Waals surface area contributed by atoms with Gasteiger partial charge in [0.2, 0.25) is 0 Å². The number of H-pyrrole nitrogens is 1. The quantitative estimate of drug-likeness (QED) is 0.652. The van der Waals surface area contributed by atoms with Crippen molar-refractivity contribution in [3.63, 3.8) is 0 Å². The number of aromatic nitrogens is 2. The fourth-order valence-corrected chi connectivity index (χ4v) is 1.71. The zero-order valence-electron chi connectivity index (χ0n) is 10.9. The van der Waals surface area contributed by atoms with Crippen molar-refractivity contribution >= 4 is 5.69 Å². The second-order valence-corrected chi connectivity index (χ2v) is 4.72. The van der Waals surface area contributed by atoms with Gasteiger partial charge in [-0.2, -0.15) is 0 Å². The summed E-state index contributed by atoms with van der Waals surface area (Å²) in [6.45, 7) is 3.87. The number of nitro benzene ring substituents is 1. The molecule has 6 heteroatoms. The van der Waals surface area contributed by atoms with E-state index in [9.17, 15) is 10.1 Å². The van der Waals surface area contributed by atoms with Crippen LogP contribution < -0.4 is 5.73 Å². The molecule has 0 aliphatic heterocycles. The molecule has 3 N–H and O–H groups in total. The molecule has 1 heterocycles. The molecule has 6 nitrogen and oxygen atoms in total. The fraction of sp³-hybridized carbons (Fsp3) is 0.308. The van der Waals surface area contributed by atoms with Gasteiger partial charge in [-0.1, -0.05) is 19.1 Å². The summed E-state index contributed by atoms with van der Waals surface area (Å²) in [5.74, 6) is 0.677. The molecule has 2 aromatic rings. The van der Waals surface area contributed by atoms with Crippen LogP contribution in [0.2, 0.25) is 0 Å². The highest BCUT2D eigenvalue weighted by atomic mass is 16.6. The highest BCUT2D eigenvalue weighted by Crippen LogP contribution is 2.25. The van der Waals surface area contributed by atoms with E-state index in [1.54, 1.807) is 18.3 Å². The van der Waals surface area contributed by atoms with Crippen LogP contribution in [0.25, 0.3) is 11.3 Å². The van der Waals surface area contributed by atoms with Gasteiger partial charge in [-0.15, -0.1) is 0 Å². The standard InChI is InChI=1S/C13H16N4O2/c1-3-13(2,14)12-15-8-11(16-12)9-5-4-6-10(7-9)17(18)19/h4-8H,3,14H2,1-2H3,(H,15,16). The van der Waals surface area contributed by atoms with Gasteiger partial charge < -0.3 is 10.7 Å². The predicted octanol–water partition coefficient (Wildman–Crippen LogP) is 2.57. The number of benzene rings is 1. The number of hydrogen-bond acceptors (Lipinski definition) is 4. The summed E-state index contributed by atoms with van der Waals surface area (Å²) in [4.78, 5) is 17.7. The lowest BCUT2D eigenvalue weighted by Gasteiger charge is -2.19. The molecule has 1 aromatic carbocycles. The maximum absolute atomic E-state index is 10.8. The van der Waals surface area contributed by atoms with Crippen LogP contribution in [-0.4, -0.2) is 14.9 Å². The number of nitro groups is 1. The fourth-order valence-electron chi connectivity index (χ4n) is 1.71. The van der Waals surface area contributed by atoms with Gasteiger partial charge >= 0.3 is 0 Å². The molecule has 0 amide bonds. The average Bonchev–Trinajstić information content (AvgIpc) is 2.89. The van der Waals surface area contributed by atoms with Gasteiger partial charge in [-0.25, -0.2) is 4.98 Å². The minimum atomic E-state index is -0.529. The smallest absolute Gasteiger partial charge is 0.270 e. The van der Waals surface area contributed by atoms with Gasteiger partial charge in [-0.05, 0) is 13.3 Å². The molecule has 2 rings (SSSR count). The summed E-state index contributed by atoms with van der Waals surface area (Å²) in [6, 6.07) is 6.41. The van der Waals surface area contributed by atoms with Crippen molar-refractivity contribution in [2.24, 2.45) is 5.73 Å². The van der Waals surface area contributed by atoms with Crippen molar-refractivity contribution in [3.8, 4) is 11.3 Å². The Morgan fingerprint density at radius 2 is 2.26 bits per heavy atom. The van der Waals surface area contributed by atoms with Crippen LogP contribution in [0.5, 0.6) is 0 Å². The third kappa shape index (κ3) is 2.63. The van der Waals surface area contributed by atoms with Crippen molar-refractivity contribution in [3.05, 3.63) is 46.4 Å². The lowest BCUT2D eigenvalue weighted by atomic mass is 10.00. The van der Waals surface area contributed by atoms with Crippen molar-refractivity contribution in [1.29, 1.82) is 0 Å². The van der Waals surface area contributed by atoms with E-state index < -0.39 is 10.5 Å². The Kier molecular flexibility index (Phi) is 3.35. The Morgan fingerprint density at radius 3 is 2.89 bits per heavy atom. The molecule has 0 fully saturated rings. The van der Waals surface area contributed by atoms with Crippen molar-refractivity contribution in [2.75, 3.05) is 0 Å². The van der Waals surface area contributed by atoms with Crippen molar-refractivity contribution in [2.45, 2.75) is 25.8 Å². The Balaban J connectivity index is 2.38. The number of hydrogen-bond donors (Lipinski definition) is 2. The SMILES string of the molecule is CCC(C)(N)c1ncc(-c2cccc([N+](=O)[O-])c2)[nH]1. The average molecular weight is 260 g/mol. The normalized spacial score (nSPS) is 14.1. The molecular formula is C13H16N4O2. The molecule has 0 spiro atoms.